The number of anilines is 4. The summed E-state index contributed by atoms with van der Waals surface area (Å²) in [5.41, 5.74) is 18.5. The number of benzene rings is 6. The first-order chi connectivity index (χ1) is 26.0. The molecule has 0 saturated heterocycles. The Hall–Kier alpha value is -6.07. The van der Waals surface area contributed by atoms with Gasteiger partial charge in [-0.05, 0) is 135 Å². The van der Waals surface area contributed by atoms with Crippen molar-refractivity contribution >= 4 is 44.7 Å². The summed E-state index contributed by atoms with van der Waals surface area (Å²) in [5, 5.41) is 1.21. The summed E-state index contributed by atoms with van der Waals surface area (Å²) in [4.78, 5) is 10.3. The number of hydrogen-bond donors (Lipinski definition) is 0. The van der Waals surface area contributed by atoms with Crippen LogP contribution in [0.15, 0.2) is 133 Å². The minimum Gasteiger partial charge on any atom is -0.371 e. The zero-order chi connectivity index (χ0) is 35.6. The lowest BCUT2D eigenvalue weighted by molar-refractivity contribution is 0.634. The molecule has 2 aliphatic heterocycles. The highest BCUT2D eigenvalue weighted by Crippen LogP contribution is 2.46. The van der Waals surface area contributed by atoms with Gasteiger partial charge in [-0.2, -0.15) is 0 Å². The molecule has 0 N–H and O–H groups in total. The fraction of sp³-hybridized carbons (Fsp3) is 0.188. The van der Waals surface area contributed by atoms with Crippen LogP contribution in [-0.4, -0.2) is 27.2 Å². The minimum absolute atomic E-state index is 0.991. The molecule has 2 aliphatic rings. The normalized spacial score (nSPS) is 13.8. The number of imidazole rings is 1. The third-order valence-electron chi connectivity index (χ3n) is 11.4. The van der Waals surface area contributed by atoms with Crippen LogP contribution in [0.5, 0.6) is 0 Å². The standard InChI is InChI=1S/C48H43N5/c1-32-16-20-37(21-17-32)52(38-22-18-33(2)19-23-38)39-24-26-40(27-25-39)53-43-14-6-4-12-41(43)45(48-49-42-13-5-7-15-44(42)50(48)3)47(53)36-30-34-10-8-28-51-29-9-11-35(31-36)46(34)51/h4-7,12-27,30-31H,8-11,28-29H2,1-3H3. The van der Waals surface area contributed by atoms with Gasteiger partial charge in [0.1, 0.15) is 5.82 Å². The van der Waals surface area contributed by atoms with E-state index in [1.807, 2.05) is 0 Å². The lowest BCUT2D eigenvalue weighted by atomic mass is 9.88. The average Bonchev–Trinajstić information content (AvgIpc) is 3.71. The number of rotatable bonds is 6. The molecule has 0 amide bonds. The number of aromatic nitrogens is 3. The number of hydrogen-bond acceptors (Lipinski definition) is 3. The third kappa shape index (κ3) is 5.25. The third-order valence-corrected chi connectivity index (χ3v) is 11.4. The number of fused-ring (bicyclic) bond motifs is 2. The smallest absolute Gasteiger partial charge is 0.143 e. The number of para-hydroxylation sites is 3. The Balaban J connectivity index is 1.21. The second kappa shape index (κ2) is 12.6. The van der Waals surface area contributed by atoms with Crippen molar-refractivity contribution in [1.29, 1.82) is 0 Å². The van der Waals surface area contributed by atoms with Gasteiger partial charge in [0.2, 0.25) is 0 Å². The Labute approximate surface area is 311 Å². The van der Waals surface area contributed by atoms with Crippen molar-refractivity contribution < 1.29 is 0 Å². The number of aryl methyl sites for hydroxylation is 5. The molecule has 0 radical (unpaired) electrons. The van der Waals surface area contributed by atoms with Gasteiger partial charge in [-0.25, -0.2) is 4.98 Å². The van der Waals surface area contributed by atoms with E-state index < -0.39 is 0 Å². The first-order valence-corrected chi connectivity index (χ1v) is 19.0. The van der Waals surface area contributed by atoms with Gasteiger partial charge in [0.15, 0.2) is 0 Å². The average molecular weight is 690 g/mol. The predicted octanol–water partition coefficient (Wildman–Crippen LogP) is 11.6. The van der Waals surface area contributed by atoms with Crippen molar-refractivity contribution in [2.75, 3.05) is 22.9 Å². The van der Waals surface area contributed by atoms with E-state index in [1.165, 1.54) is 81.6 Å². The molecule has 0 bridgehead atoms. The first-order valence-electron chi connectivity index (χ1n) is 19.0. The van der Waals surface area contributed by atoms with E-state index in [0.717, 1.165) is 52.4 Å². The summed E-state index contributed by atoms with van der Waals surface area (Å²) in [6.07, 6.45) is 4.65. The minimum atomic E-state index is 0.991. The van der Waals surface area contributed by atoms with Crippen molar-refractivity contribution in [3.63, 3.8) is 0 Å². The fourth-order valence-electron chi connectivity index (χ4n) is 8.90. The Bertz CT molecular complexity index is 2570. The van der Waals surface area contributed by atoms with Crippen LogP contribution in [0.4, 0.5) is 22.7 Å². The van der Waals surface area contributed by atoms with Gasteiger partial charge in [0.25, 0.3) is 0 Å². The molecule has 0 spiro atoms. The van der Waals surface area contributed by atoms with E-state index in [1.54, 1.807) is 0 Å². The van der Waals surface area contributed by atoms with E-state index in [2.05, 4.69) is 173 Å². The van der Waals surface area contributed by atoms with E-state index in [0.29, 0.717) is 0 Å². The van der Waals surface area contributed by atoms with E-state index >= 15 is 0 Å². The van der Waals surface area contributed by atoms with E-state index in [4.69, 9.17) is 4.98 Å². The van der Waals surface area contributed by atoms with E-state index in [9.17, 15) is 0 Å². The summed E-state index contributed by atoms with van der Waals surface area (Å²) < 4.78 is 4.77. The summed E-state index contributed by atoms with van der Waals surface area (Å²) in [6, 6.07) is 49.1. The molecule has 53 heavy (non-hydrogen) atoms. The van der Waals surface area contributed by atoms with Crippen molar-refractivity contribution in [1.82, 2.24) is 14.1 Å². The molecule has 5 nitrogen and oxygen atoms in total. The van der Waals surface area contributed by atoms with Gasteiger partial charge in [-0.15, -0.1) is 0 Å². The van der Waals surface area contributed by atoms with Crippen LogP contribution >= 0.6 is 0 Å². The van der Waals surface area contributed by atoms with Crippen LogP contribution in [0, 0.1) is 13.8 Å². The molecule has 5 heteroatoms. The first kappa shape index (κ1) is 31.6. The second-order valence-corrected chi connectivity index (χ2v) is 14.9. The Kier molecular flexibility index (Phi) is 7.50. The molecule has 0 aliphatic carbocycles. The molecule has 260 valence electrons. The lowest BCUT2D eigenvalue weighted by Crippen LogP contribution is -2.34. The van der Waals surface area contributed by atoms with Crippen molar-refractivity contribution in [3.8, 4) is 28.3 Å². The molecular formula is C48H43N5. The molecule has 2 aromatic heterocycles. The SMILES string of the molecule is Cc1ccc(N(c2ccc(C)cc2)c2ccc(-n3c(-c4cc5c6c(c4)CCCN6CCC5)c(-c4nc5ccccc5n4C)c4ccccc43)cc2)cc1. The second-order valence-electron chi connectivity index (χ2n) is 14.9. The summed E-state index contributed by atoms with van der Waals surface area (Å²) in [7, 11) is 2.16. The maximum absolute atomic E-state index is 5.33. The van der Waals surface area contributed by atoms with Gasteiger partial charge in [-0.1, -0.05) is 65.7 Å². The highest BCUT2D eigenvalue weighted by molar-refractivity contribution is 6.06. The van der Waals surface area contributed by atoms with Crippen molar-refractivity contribution in [2.24, 2.45) is 7.05 Å². The Morgan fingerprint density at radius 1 is 0.604 bits per heavy atom. The van der Waals surface area contributed by atoms with Crippen molar-refractivity contribution in [2.45, 2.75) is 39.5 Å². The van der Waals surface area contributed by atoms with Crippen LogP contribution in [0.1, 0.15) is 35.1 Å². The molecular weight excluding hydrogens is 647 g/mol. The quantitative estimate of drug-likeness (QED) is 0.174. The van der Waals surface area contributed by atoms with Gasteiger partial charge < -0.3 is 18.9 Å². The molecule has 0 saturated carbocycles. The van der Waals surface area contributed by atoms with Gasteiger partial charge in [0, 0.05) is 54.0 Å². The maximum Gasteiger partial charge on any atom is 0.143 e. The summed E-state index contributed by atoms with van der Waals surface area (Å²) in [6.45, 7) is 6.62. The lowest BCUT2D eigenvalue weighted by Gasteiger charge is -2.37. The Morgan fingerprint density at radius 2 is 1.15 bits per heavy atom. The van der Waals surface area contributed by atoms with Crippen LogP contribution in [-0.2, 0) is 19.9 Å². The van der Waals surface area contributed by atoms with Crippen LogP contribution in [0.25, 0.3) is 50.3 Å². The topological polar surface area (TPSA) is 29.2 Å². The molecule has 0 fully saturated rings. The Morgan fingerprint density at radius 3 is 1.75 bits per heavy atom. The molecule has 0 atom stereocenters. The van der Waals surface area contributed by atoms with Crippen LogP contribution in [0.3, 0.4) is 0 Å². The number of nitrogens with zero attached hydrogens (tertiary/aromatic N) is 5. The van der Waals surface area contributed by atoms with Gasteiger partial charge in [0.05, 0.1) is 27.8 Å². The van der Waals surface area contributed by atoms with Gasteiger partial charge >= 0.3 is 0 Å². The van der Waals surface area contributed by atoms with Gasteiger partial charge in [-0.3, -0.25) is 0 Å². The predicted molar refractivity (Wildman–Crippen MR) is 221 cm³/mol. The molecule has 4 heterocycles. The zero-order valence-corrected chi connectivity index (χ0v) is 30.7. The largest absolute Gasteiger partial charge is 0.371 e. The molecule has 10 rings (SSSR count). The fourth-order valence-corrected chi connectivity index (χ4v) is 8.90. The van der Waals surface area contributed by atoms with Crippen LogP contribution in [0.2, 0.25) is 0 Å². The molecule has 0 unspecified atom stereocenters. The summed E-state index contributed by atoms with van der Waals surface area (Å²) >= 11 is 0. The monoisotopic (exact) mass is 689 g/mol. The maximum atomic E-state index is 5.33. The van der Waals surface area contributed by atoms with E-state index in [-0.39, 0.29) is 0 Å². The highest BCUT2D eigenvalue weighted by atomic mass is 15.2. The van der Waals surface area contributed by atoms with Crippen LogP contribution < -0.4 is 9.80 Å². The summed E-state index contributed by atoms with van der Waals surface area (Å²) in [5.74, 6) is 0.991. The van der Waals surface area contributed by atoms with Crippen molar-refractivity contribution in [3.05, 3.63) is 156 Å². The zero-order valence-electron chi connectivity index (χ0n) is 30.7. The molecule has 8 aromatic rings. The molecule has 6 aromatic carbocycles. The highest BCUT2D eigenvalue weighted by Gasteiger charge is 2.29.